The number of nitrogens with one attached hydrogen (secondary N) is 1. The smallest absolute Gasteiger partial charge is 0.336 e. The number of carbonyl (C=O) groups is 2. The number of halogens is 1. The molecule has 0 bridgehead atoms. The summed E-state index contributed by atoms with van der Waals surface area (Å²) in [5.41, 5.74) is 3.86. The van der Waals surface area contributed by atoms with Crippen LogP contribution in [0.25, 0.3) is 6.08 Å². The Kier molecular flexibility index (Phi) is 7.61. The van der Waals surface area contributed by atoms with Crippen molar-refractivity contribution in [2.24, 2.45) is 5.10 Å². The van der Waals surface area contributed by atoms with E-state index in [1.807, 2.05) is 6.92 Å². The van der Waals surface area contributed by atoms with Crippen LogP contribution in [0.2, 0.25) is 5.02 Å². The Bertz CT molecular complexity index is 1110. The van der Waals surface area contributed by atoms with Gasteiger partial charge in [0.05, 0.1) is 12.5 Å². The third-order valence-corrected chi connectivity index (χ3v) is 4.33. The minimum Gasteiger partial charge on any atom is -0.484 e. The van der Waals surface area contributed by atoms with E-state index < -0.39 is 11.9 Å². The Morgan fingerprint density at radius 3 is 2.77 bits per heavy atom. The summed E-state index contributed by atoms with van der Waals surface area (Å²) in [4.78, 5) is 23.8. The van der Waals surface area contributed by atoms with Gasteiger partial charge in [-0.25, -0.2) is 10.2 Å². The second kappa shape index (κ2) is 10.8. The maximum Gasteiger partial charge on any atom is 0.336 e. The first-order valence-corrected chi connectivity index (χ1v) is 9.62. The molecule has 0 radical (unpaired) electrons. The molecule has 0 saturated carbocycles. The zero-order chi connectivity index (χ0) is 22.1. The molecule has 158 valence electrons. The summed E-state index contributed by atoms with van der Waals surface area (Å²) >= 11 is 5.96. The highest BCUT2D eigenvalue weighted by Crippen LogP contribution is 2.20. The molecule has 31 heavy (non-hydrogen) atoms. The third-order valence-electron chi connectivity index (χ3n) is 3.91. The van der Waals surface area contributed by atoms with Gasteiger partial charge in [-0.05, 0) is 66.6 Å². The van der Waals surface area contributed by atoms with Crippen molar-refractivity contribution >= 4 is 35.8 Å². The molecule has 7 nitrogen and oxygen atoms in total. The standard InChI is InChI=1S/C23H19ClN2O5/c1-16-12-19(7-9-21(16)24)30-15-22(27)26-25-14-17-4-2-5-20(13-17)31-23(28)10-8-18-6-3-11-29-18/h2-14H,15H2,1H3,(H,26,27)/b10-8+,25-14+. The van der Waals surface area contributed by atoms with Gasteiger partial charge in [0, 0.05) is 11.1 Å². The van der Waals surface area contributed by atoms with Gasteiger partial charge in [0.15, 0.2) is 6.61 Å². The lowest BCUT2D eigenvalue weighted by Crippen LogP contribution is -2.24. The van der Waals surface area contributed by atoms with Crippen LogP contribution in [0.15, 0.2) is 76.5 Å². The second-order valence-electron chi connectivity index (χ2n) is 6.34. The molecule has 1 N–H and O–H groups in total. The van der Waals surface area contributed by atoms with E-state index in [4.69, 9.17) is 25.5 Å². The molecule has 2 aromatic carbocycles. The molecule has 8 heteroatoms. The summed E-state index contributed by atoms with van der Waals surface area (Å²) < 4.78 is 15.8. The van der Waals surface area contributed by atoms with Gasteiger partial charge in [0.25, 0.3) is 5.91 Å². The number of amides is 1. The van der Waals surface area contributed by atoms with Crippen LogP contribution in [0, 0.1) is 6.92 Å². The highest BCUT2D eigenvalue weighted by molar-refractivity contribution is 6.31. The molecule has 0 saturated heterocycles. The van der Waals surface area contributed by atoms with Crippen LogP contribution in [0.5, 0.6) is 11.5 Å². The first-order chi connectivity index (χ1) is 15.0. The number of benzene rings is 2. The summed E-state index contributed by atoms with van der Waals surface area (Å²) in [5, 5.41) is 4.51. The van der Waals surface area contributed by atoms with E-state index in [0.29, 0.717) is 27.8 Å². The van der Waals surface area contributed by atoms with E-state index in [1.165, 1.54) is 24.6 Å². The fraction of sp³-hybridized carbons (Fsp3) is 0.0870. The first kappa shape index (κ1) is 21.9. The van der Waals surface area contributed by atoms with Crippen LogP contribution >= 0.6 is 11.6 Å². The van der Waals surface area contributed by atoms with E-state index >= 15 is 0 Å². The van der Waals surface area contributed by atoms with Crippen molar-refractivity contribution in [1.82, 2.24) is 5.43 Å². The third kappa shape index (κ3) is 7.17. The molecule has 3 rings (SSSR count). The van der Waals surface area contributed by atoms with Crippen LogP contribution in [0.4, 0.5) is 0 Å². The maximum absolute atomic E-state index is 11.9. The topological polar surface area (TPSA) is 90.1 Å². The van der Waals surface area contributed by atoms with Crippen LogP contribution in [-0.4, -0.2) is 24.7 Å². The number of carbonyl (C=O) groups excluding carboxylic acids is 2. The van der Waals surface area contributed by atoms with E-state index in [0.717, 1.165) is 5.56 Å². The minimum absolute atomic E-state index is 0.196. The zero-order valence-corrected chi connectivity index (χ0v) is 17.3. The number of aryl methyl sites for hydroxylation is 1. The largest absolute Gasteiger partial charge is 0.484 e. The average molecular weight is 439 g/mol. The van der Waals surface area contributed by atoms with Gasteiger partial charge in [-0.2, -0.15) is 5.10 Å². The number of ether oxygens (including phenoxy) is 2. The highest BCUT2D eigenvalue weighted by Gasteiger charge is 2.04. The molecule has 1 aromatic heterocycles. The van der Waals surface area contributed by atoms with Crippen molar-refractivity contribution in [2.45, 2.75) is 6.92 Å². The Morgan fingerprint density at radius 2 is 2.00 bits per heavy atom. The predicted octanol–water partition coefficient (Wildman–Crippen LogP) is 4.39. The quantitative estimate of drug-likeness (QED) is 0.185. The van der Waals surface area contributed by atoms with Crippen LogP contribution in [0.1, 0.15) is 16.9 Å². The highest BCUT2D eigenvalue weighted by atomic mass is 35.5. The average Bonchev–Trinajstić information content (AvgIpc) is 3.27. The molecule has 0 spiro atoms. The van der Waals surface area contributed by atoms with E-state index in [-0.39, 0.29) is 6.61 Å². The van der Waals surface area contributed by atoms with E-state index in [2.05, 4.69) is 10.5 Å². The van der Waals surface area contributed by atoms with Gasteiger partial charge < -0.3 is 13.9 Å². The van der Waals surface area contributed by atoms with Crippen LogP contribution in [0.3, 0.4) is 0 Å². The number of hydrazone groups is 1. The second-order valence-corrected chi connectivity index (χ2v) is 6.74. The zero-order valence-electron chi connectivity index (χ0n) is 16.6. The fourth-order valence-corrected chi connectivity index (χ4v) is 2.53. The summed E-state index contributed by atoms with van der Waals surface area (Å²) in [6.07, 6.45) is 5.72. The van der Waals surface area contributed by atoms with Gasteiger partial charge in [-0.3, -0.25) is 4.79 Å². The maximum atomic E-state index is 11.9. The number of hydrogen-bond donors (Lipinski definition) is 1. The molecule has 1 amide bonds. The van der Waals surface area contributed by atoms with Gasteiger partial charge in [-0.15, -0.1) is 0 Å². The van der Waals surface area contributed by atoms with Crippen molar-refractivity contribution in [2.75, 3.05) is 6.61 Å². The van der Waals surface area contributed by atoms with E-state index in [1.54, 1.807) is 54.6 Å². The van der Waals surface area contributed by atoms with Crippen molar-refractivity contribution in [1.29, 1.82) is 0 Å². The molecular weight excluding hydrogens is 420 g/mol. The summed E-state index contributed by atoms with van der Waals surface area (Å²) in [5.74, 6) is 0.453. The number of nitrogens with zero attached hydrogens (tertiary/aromatic N) is 1. The Hall–Kier alpha value is -3.84. The lowest BCUT2D eigenvalue weighted by Gasteiger charge is -2.06. The molecule has 1 heterocycles. The summed E-state index contributed by atoms with van der Waals surface area (Å²) in [7, 11) is 0. The van der Waals surface area contributed by atoms with Crippen LogP contribution in [-0.2, 0) is 9.59 Å². The molecule has 0 atom stereocenters. The fourth-order valence-electron chi connectivity index (χ4n) is 2.41. The van der Waals surface area contributed by atoms with Crippen molar-refractivity contribution in [3.05, 3.63) is 88.8 Å². The number of hydrogen-bond acceptors (Lipinski definition) is 6. The molecule has 0 aliphatic rings. The number of furan rings is 1. The summed E-state index contributed by atoms with van der Waals surface area (Å²) in [6, 6.07) is 15.3. The molecule has 0 unspecified atom stereocenters. The Balaban J connectivity index is 1.47. The predicted molar refractivity (Wildman–Crippen MR) is 117 cm³/mol. The normalized spacial score (nSPS) is 11.0. The Labute approximate surface area is 183 Å². The first-order valence-electron chi connectivity index (χ1n) is 9.24. The minimum atomic E-state index is -0.548. The van der Waals surface area contributed by atoms with Gasteiger partial charge in [-0.1, -0.05) is 23.7 Å². The monoisotopic (exact) mass is 438 g/mol. The van der Waals surface area contributed by atoms with E-state index in [9.17, 15) is 9.59 Å². The lowest BCUT2D eigenvalue weighted by atomic mass is 10.2. The number of rotatable bonds is 8. The van der Waals surface area contributed by atoms with Crippen molar-refractivity contribution in [3.63, 3.8) is 0 Å². The van der Waals surface area contributed by atoms with Gasteiger partial charge in [0.1, 0.15) is 17.3 Å². The molecule has 3 aromatic rings. The lowest BCUT2D eigenvalue weighted by molar-refractivity contribution is -0.129. The molecule has 0 aliphatic carbocycles. The van der Waals surface area contributed by atoms with Crippen molar-refractivity contribution < 1.29 is 23.5 Å². The summed E-state index contributed by atoms with van der Waals surface area (Å²) in [6.45, 7) is 1.65. The van der Waals surface area contributed by atoms with Gasteiger partial charge in [0.2, 0.25) is 0 Å². The molecular formula is C23H19ClN2O5. The SMILES string of the molecule is Cc1cc(OCC(=O)N/N=C/c2cccc(OC(=O)/C=C/c3ccco3)c2)ccc1Cl. The van der Waals surface area contributed by atoms with Gasteiger partial charge >= 0.3 is 5.97 Å². The van der Waals surface area contributed by atoms with Crippen LogP contribution < -0.4 is 14.9 Å². The van der Waals surface area contributed by atoms with Crippen molar-refractivity contribution in [3.8, 4) is 11.5 Å². The number of esters is 1. The molecule has 0 fully saturated rings. The molecule has 0 aliphatic heterocycles. The Morgan fingerprint density at radius 1 is 1.13 bits per heavy atom.